The maximum Gasteiger partial charge on any atom is 0.0409 e. The Morgan fingerprint density at radius 1 is 1.04 bits per heavy atom. The number of hydrogen-bond donors (Lipinski definition) is 0. The van der Waals surface area contributed by atoms with E-state index >= 15 is 0 Å². The van der Waals surface area contributed by atoms with Gasteiger partial charge in [0.2, 0.25) is 0 Å². The first-order chi connectivity index (χ1) is 11.5. The molecule has 0 saturated heterocycles. The molecule has 2 rings (SSSR count). The minimum absolute atomic E-state index is 0.834. The number of nitrogens with zero attached hydrogens (tertiary/aromatic N) is 1. The molecule has 0 bridgehead atoms. The van der Waals surface area contributed by atoms with Gasteiger partial charge in [-0.1, -0.05) is 51.8 Å². The number of thiophene rings is 1. The van der Waals surface area contributed by atoms with Crippen molar-refractivity contribution in [3.63, 3.8) is 0 Å². The highest BCUT2D eigenvalue weighted by atomic mass is 35.5. The van der Waals surface area contributed by atoms with E-state index in [0.717, 1.165) is 31.1 Å². The van der Waals surface area contributed by atoms with Gasteiger partial charge in [0.15, 0.2) is 0 Å². The Hall–Kier alpha value is -0.830. The largest absolute Gasteiger partial charge is 0.300 e. The van der Waals surface area contributed by atoms with Gasteiger partial charge in [-0.15, -0.1) is 11.3 Å². The van der Waals surface area contributed by atoms with E-state index in [1.54, 1.807) is 4.88 Å². The second-order valence-electron chi connectivity index (χ2n) is 6.31. The van der Waals surface area contributed by atoms with Crippen molar-refractivity contribution < 1.29 is 0 Å². The summed E-state index contributed by atoms with van der Waals surface area (Å²) < 4.78 is 0. The average molecular weight is 364 g/mol. The predicted molar refractivity (Wildman–Crippen MR) is 110 cm³/mol. The van der Waals surface area contributed by atoms with Gasteiger partial charge < -0.3 is 0 Å². The van der Waals surface area contributed by atoms with E-state index in [9.17, 15) is 0 Å². The van der Waals surface area contributed by atoms with Crippen molar-refractivity contribution in [2.75, 3.05) is 13.1 Å². The first-order valence-electron chi connectivity index (χ1n) is 9.17. The second kappa shape index (κ2) is 9.03. The third-order valence-electron chi connectivity index (χ3n) is 4.74. The Labute approximate surface area is 156 Å². The van der Waals surface area contributed by atoms with E-state index in [1.165, 1.54) is 40.0 Å². The van der Waals surface area contributed by atoms with Crippen LogP contribution in [0.25, 0.3) is 11.1 Å². The summed E-state index contributed by atoms with van der Waals surface area (Å²) in [5.74, 6) is 0. The molecule has 0 unspecified atom stereocenters. The lowest BCUT2D eigenvalue weighted by molar-refractivity contribution is 0.296. The molecule has 2 aromatic rings. The number of hydrogen-bond acceptors (Lipinski definition) is 2. The Balaban J connectivity index is 2.56. The van der Waals surface area contributed by atoms with E-state index in [0.29, 0.717) is 0 Å². The molecule has 0 aliphatic rings. The lowest BCUT2D eigenvalue weighted by Crippen LogP contribution is -2.22. The van der Waals surface area contributed by atoms with Crippen LogP contribution in [0.2, 0.25) is 5.02 Å². The fourth-order valence-corrected chi connectivity index (χ4v) is 4.88. The van der Waals surface area contributed by atoms with Gasteiger partial charge in [-0.3, -0.25) is 4.90 Å². The summed E-state index contributed by atoms with van der Waals surface area (Å²) in [5.41, 5.74) is 5.66. The first kappa shape index (κ1) is 19.5. The standard InChI is InChI=1S/C21H30ClNS/c1-6-10-20-15(5)21(19(7-2)24-20)18-12-11-17(22)13-16(18)14-23(8-3)9-4/h11-13H,6-10,14H2,1-5H3. The summed E-state index contributed by atoms with van der Waals surface area (Å²) in [6.45, 7) is 14.4. The van der Waals surface area contributed by atoms with Crippen molar-refractivity contribution in [3.05, 3.63) is 44.1 Å². The zero-order valence-corrected chi connectivity index (χ0v) is 17.3. The fraction of sp³-hybridized carbons (Fsp3) is 0.524. The third kappa shape index (κ3) is 4.22. The van der Waals surface area contributed by atoms with Gasteiger partial charge in [0.25, 0.3) is 0 Å². The van der Waals surface area contributed by atoms with Crippen molar-refractivity contribution in [2.24, 2.45) is 0 Å². The van der Waals surface area contributed by atoms with E-state index in [1.807, 2.05) is 17.4 Å². The van der Waals surface area contributed by atoms with Gasteiger partial charge in [-0.2, -0.15) is 0 Å². The normalized spacial score (nSPS) is 11.5. The predicted octanol–water partition coefficient (Wildman–Crippen LogP) is 6.73. The molecule has 0 N–H and O–H groups in total. The molecule has 1 aromatic heterocycles. The van der Waals surface area contributed by atoms with Gasteiger partial charge in [0.1, 0.15) is 0 Å². The topological polar surface area (TPSA) is 3.24 Å². The summed E-state index contributed by atoms with van der Waals surface area (Å²) >= 11 is 8.33. The molecule has 0 radical (unpaired) electrons. The molecule has 0 amide bonds. The minimum atomic E-state index is 0.834. The Kier molecular flexibility index (Phi) is 7.34. The smallest absolute Gasteiger partial charge is 0.0409 e. The third-order valence-corrected chi connectivity index (χ3v) is 6.47. The molecule has 0 saturated carbocycles. The number of benzene rings is 1. The quantitative estimate of drug-likeness (QED) is 0.502. The fourth-order valence-electron chi connectivity index (χ4n) is 3.32. The molecule has 1 nitrogen and oxygen atoms in total. The van der Waals surface area contributed by atoms with Crippen LogP contribution in [0, 0.1) is 6.92 Å². The molecule has 0 atom stereocenters. The van der Waals surface area contributed by atoms with E-state index in [-0.39, 0.29) is 0 Å². The molecule has 0 aliphatic carbocycles. The van der Waals surface area contributed by atoms with Gasteiger partial charge in [0.05, 0.1) is 0 Å². The second-order valence-corrected chi connectivity index (χ2v) is 7.94. The first-order valence-corrected chi connectivity index (χ1v) is 10.4. The molecular weight excluding hydrogens is 334 g/mol. The van der Waals surface area contributed by atoms with Gasteiger partial charge >= 0.3 is 0 Å². The summed E-state index contributed by atoms with van der Waals surface area (Å²) in [6.07, 6.45) is 3.48. The molecule has 24 heavy (non-hydrogen) atoms. The maximum atomic E-state index is 6.33. The molecule has 0 aliphatic heterocycles. The molecule has 3 heteroatoms. The lowest BCUT2D eigenvalue weighted by Gasteiger charge is -2.21. The van der Waals surface area contributed by atoms with Crippen LogP contribution in [-0.2, 0) is 19.4 Å². The maximum absolute atomic E-state index is 6.33. The van der Waals surface area contributed by atoms with Gasteiger partial charge in [-0.05, 0) is 67.2 Å². The van der Waals surface area contributed by atoms with Gasteiger partial charge in [0, 0.05) is 21.3 Å². The Morgan fingerprint density at radius 2 is 1.75 bits per heavy atom. The number of rotatable bonds is 8. The van der Waals surface area contributed by atoms with Crippen molar-refractivity contribution in [1.29, 1.82) is 0 Å². The minimum Gasteiger partial charge on any atom is -0.300 e. The van der Waals surface area contributed by atoms with Crippen LogP contribution in [0.4, 0.5) is 0 Å². The van der Waals surface area contributed by atoms with Crippen LogP contribution in [0.15, 0.2) is 18.2 Å². The highest BCUT2D eigenvalue weighted by molar-refractivity contribution is 7.12. The summed E-state index contributed by atoms with van der Waals surface area (Å²) in [5, 5.41) is 0.834. The van der Waals surface area contributed by atoms with Crippen molar-refractivity contribution in [2.45, 2.75) is 60.4 Å². The zero-order valence-electron chi connectivity index (χ0n) is 15.7. The Morgan fingerprint density at radius 3 is 2.33 bits per heavy atom. The molecule has 1 heterocycles. The summed E-state index contributed by atoms with van der Waals surface area (Å²) in [6, 6.07) is 6.43. The summed E-state index contributed by atoms with van der Waals surface area (Å²) in [4.78, 5) is 5.52. The van der Waals surface area contributed by atoms with E-state index in [4.69, 9.17) is 11.6 Å². The SMILES string of the molecule is CCCc1sc(CC)c(-c2ccc(Cl)cc2CN(CC)CC)c1C. The zero-order chi connectivity index (χ0) is 17.7. The molecule has 1 aromatic carbocycles. The van der Waals surface area contributed by atoms with Crippen LogP contribution in [0.5, 0.6) is 0 Å². The molecule has 132 valence electrons. The van der Waals surface area contributed by atoms with Crippen molar-refractivity contribution in [3.8, 4) is 11.1 Å². The van der Waals surface area contributed by atoms with E-state index in [2.05, 4.69) is 51.7 Å². The molecular formula is C21H30ClNS. The highest BCUT2D eigenvalue weighted by Gasteiger charge is 2.18. The average Bonchev–Trinajstić information content (AvgIpc) is 2.89. The lowest BCUT2D eigenvalue weighted by atomic mass is 9.94. The monoisotopic (exact) mass is 363 g/mol. The highest BCUT2D eigenvalue weighted by Crippen LogP contribution is 2.39. The molecule has 0 spiro atoms. The van der Waals surface area contributed by atoms with Crippen LogP contribution >= 0.6 is 22.9 Å². The van der Waals surface area contributed by atoms with Crippen LogP contribution in [0.1, 0.15) is 55.0 Å². The summed E-state index contributed by atoms with van der Waals surface area (Å²) in [7, 11) is 0. The molecule has 0 fully saturated rings. The Bertz CT molecular complexity index is 671. The number of aryl methyl sites for hydroxylation is 2. The van der Waals surface area contributed by atoms with E-state index < -0.39 is 0 Å². The van der Waals surface area contributed by atoms with Crippen molar-refractivity contribution in [1.82, 2.24) is 4.90 Å². The van der Waals surface area contributed by atoms with Crippen LogP contribution in [-0.4, -0.2) is 18.0 Å². The van der Waals surface area contributed by atoms with Crippen LogP contribution in [0.3, 0.4) is 0 Å². The number of halogens is 1. The van der Waals surface area contributed by atoms with Gasteiger partial charge in [-0.25, -0.2) is 0 Å². The van der Waals surface area contributed by atoms with Crippen LogP contribution < -0.4 is 0 Å². The van der Waals surface area contributed by atoms with Crippen molar-refractivity contribution >= 4 is 22.9 Å².